The van der Waals surface area contributed by atoms with E-state index < -0.39 is 16.0 Å². The second-order valence-electron chi connectivity index (χ2n) is 4.26. The summed E-state index contributed by atoms with van der Waals surface area (Å²) in [4.78, 5) is 22.6. The predicted octanol–water partition coefficient (Wildman–Crippen LogP) is 0.608. The van der Waals surface area contributed by atoms with Crippen LogP contribution in [0.15, 0.2) is 12.1 Å². The van der Waals surface area contributed by atoms with E-state index in [1.165, 1.54) is 23.5 Å². The zero-order valence-electron chi connectivity index (χ0n) is 10.5. The first-order valence-corrected chi connectivity index (χ1v) is 7.41. The van der Waals surface area contributed by atoms with Gasteiger partial charge < -0.3 is 4.74 Å². The molecule has 0 saturated carbocycles. The quantitative estimate of drug-likeness (QED) is 0.599. The Morgan fingerprint density at radius 1 is 1.42 bits per heavy atom. The van der Waals surface area contributed by atoms with E-state index in [-0.39, 0.29) is 12.1 Å². The van der Waals surface area contributed by atoms with Crippen LogP contribution in [0.3, 0.4) is 0 Å². The molecular formula is C12H13NO5S. The van der Waals surface area contributed by atoms with Crippen molar-refractivity contribution in [2.24, 2.45) is 0 Å². The van der Waals surface area contributed by atoms with Crippen molar-refractivity contribution in [3.05, 3.63) is 28.8 Å². The summed E-state index contributed by atoms with van der Waals surface area (Å²) in [5, 5.41) is 0. The second-order valence-corrected chi connectivity index (χ2v) is 6.16. The molecule has 1 aliphatic heterocycles. The summed E-state index contributed by atoms with van der Waals surface area (Å²) in [6.45, 7) is 0.277. The average Bonchev–Trinajstić information content (AvgIpc) is 2.80. The molecule has 2 rings (SSSR count). The molecule has 6 nitrogen and oxygen atoms in total. The number of sulfonamides is 1. The molecule has 1 heterocycles. The number of hydrogen-bond donors (Lipinski definition) is 0. The Morgan fingerprint density at radius 3 is 2.63 bits per heavy atom. The van der Waals surface area contributed by atoms with Crippen LogP contribution in [0, 0.1) is 0 Å². The van der Waals surface area contributed by atoms with Crippen LogP contribution in [0.5, 0.6) is 0 Å². The van der Waals surface area contributed by atoms with Crippen molar-refractivity contribution in [2.45, 2.75) is 6.42 Å². The van der Waals surface area contributed by atoms with Crippen molar-refractivity contribution in [1.82, 2.24) is 0 Å². The zero-order valence-corrected chi connectivity index (χ0v) is 11.4. The van der Waals surface area contributed by atoms with Crippen molar-refractivity contribution >= 4 is 28.0 Å². The highest BCUT2D eigenvalue weighted by Crippen LogP contribution is 2.33. The summed E-state index contributed by atoms with van der Waals surface area (Å²) >= 11 is 0. The fourth-order valence-electron chi connectivity index (χ4n) is 2.19. The number of anilines is 1. The number of methoxy groups -OCH3 is 1. The fourth-order valence-corrected chi connectivity index (χ4v) is 3.14. The number of aldehydes is 1. The first-order valence-electron chi connectivity index (χ1n) is 5.56. The lowest BCUT2D eigenvalue weighted by Crippen LogP contribution is -2.27. The zero-order chi connectivity index (χ0) is 14.2. The maximum absolute atomic E-state index is 11.7. The molecule has 0 fully saturated rings. The van der Waals surface area contributed by atoms with E-state index in [0.717, 1.165) is 6.26 Å². The maximum Gasteiger partial charge on any atom is 0.337 e. The van der Waals surface area contributed by atoms with Crippen LogP contribution in [0.1, 0.15) is 26.3 Å². The van der Waals surface area contributed by atoms with Crippen LogP contribution in [-0.4, -0.2) is 40.6 Å². The van der Waals surface area contributed by atoms with E-state index in [4.69, 9.17) is 0 Å². The van der Waals surface area contributed by atoms with Gasteiger partial charge in [0.15, 0.2) is 0 Å². The van der Waals surface area contributed by atoms with Gasteiger partial charge in [0.05, 0.1) is 24.6 Å². The number of esters is 1. The van der Waals surface area contributed by atoms with Crippen molar-refractivity contribution in [1.29, 1.82) is 0 Å². The molecule has 7 heteroatoms. The monoisotopic (exact) mass is 283 g/mol. The second kappa shape index (κ2) is 4.65. The Morgan fingerprint density at radius 2 is 2.11 bits per heavy atom. The Bertz CT molecular complexity index is 650. The summed E-state index contributed by atoms with van der Waals surface area (Å²) in [7, 11) is -2.20. The highest BCUT2D eigenvalue weighted by atomic mass is 32.2. The number of nitrogens with zero attached hydrogens (tertiary/aromatic N) is 1. The maximum atomic E-state index is 11.7. The molecule has 0 spiro atoms. The average molecular weight is 283 g/mol. The third-order valence-electron chi connectivity index (χ3n) is 3.04. The van der Waals surface area contributed by atoms with Gasteiger partial charge in [0.1, 0.15) is 6.29 Å². The third-order valence-corrected chi connectivity index (χ3v) is 4.22. The van der Waals surface area contributed by atoms with Gasteiger partial charge in [-0.15, -0.1) is 0 Å². The molecule has 0 unspecified atom stereocenters. The SMILES string of the molecule is COC(=O)c1cc(C=O)c2c(c1)N(S(C)(=O)=O)CC2. The third kappa shape index (κ3) is 2.33. The van der Waals surface area contributed by atoms with Gasteiger partial charge in [-0.1, -0.05) is 0 Å². The molecule has 0 aliphatic carbocycles. The molecule has 0 N–H and O–H groups in total. The summed E-state index contributed by atoms with van der Waals surface area (Å²) in [5.41, 5.74) is 1.52. The number of ether oxygens (including phenoxy) is 1. The Kier molecular flexibility index (Phi) is 3.32. The predicted molar refractivity (Wildman–Crippen MR) is 69.1 cm³/mol. The molecular weight excluding hydrogens is 270 g/mol. The van der Waals surface area contributed by atoms with Gasteiger partial charge in [-0.2, -0.15) is 0 Å². The molecule has 1 aromatic rings. The molecule has 0 atom stereocenters. The number of rotatable bonds is 3. The molecule has 102 valence electrons. The Labute approximate surface area is 111 Å². The van der Waals surface area contributed by atoms with Crippen molar-refractivity contribution < 1.29 is 22.7 Å². The van der Waals surface area contributed by atoms with E-state index in [9.17, 15) is 18.0 Å². The lowest BCUT2D eigenvalue weighted by atomic mass is 10.0. The minimum atomic E-state index is -3.42. The van der Waals surface area contributed by atoms with Gasteiger partial charge in [-0.25, -0.2) is 13.2 Å². The van der Waals surface area contributed by atoms with Crippen LogP contribution in [0.25, 0.3) is 0 Å². The van der Waals surface area contributed by atoms with Crippen LogP contribution < -0.4 is 4.31 Å². The van der Waals surface area contributed by atoms with Gasteiger partial charge in [0, 0.05) is 12.1 Å². The van der Waals surface area contributed by atoms with Gasteiger partial charge in [0.2, 0.25) is 10.0 Å². The summed E-state index contributed by atoms with van der Waals surface area (Å²) < 4.78 is 29.1. The highest BCUT2D eigenvalue weighted by molar-refractivity contribution is 7.92. The van der Waals surface area contributed by atoms with Gasteiger partial charge in [-0.3, -0.25) is 9.10 Å². The molecule has 1 aliphatic rings. The van der Waals surface area contributed by atoms with Crippen LogP contribution >= 0.6 is 0 Å². The lowest BCUT2D eigenvalue weighted by Gasteiger charge is -2.17. The number of carbonyl (C=O) groups is 2. The Hall–Kier alpha value is -1.89. The Balaban J connectivity index is 2.64. The van der Waals surface area contributed by atoms with Gasteiger partial charge in [0.25, 0.3) is 0 Å². The number of fused-ring (bicyclic) bond motifs is 1. The van der Waals surface area contributed by atoms with Crippen LogP contribution in [0.4, 0.5) is 5.69 Å². The van der Waals surface area contributed by atoms with Crippen molar-refractivity contribution in [3.8, 4) is 0 Å². The smallest absolute Gasteiger partial charge is 0.337 e. The van der Waals surface area contributed by atoms with E-state index in [1.54, 1.807) is 0 Å². The number of carbonyl (C=O) groups excluding carboxylic acids is 2. The normalized spacial score (nSPS) is 14.1. The fraction of sp³-hybridized carbons (Fsp3) is 0.333. The molecule has 19 heavy (non-hydrogen) atoms. The first kappa shape index (κ1) is 13.5. The molecule has 0 aromatic heterocycles. The lowest BCUT2D eigenvalue weighted by molar-refractivity contribution is 0.0600. The largest absolute Gasteiger partial charge is 0.465 e. The minimum Gasteiger partial charge on any atom is -0.465 e. The summed E-state index contributed by atoms with van der Waals surface area (Å²) in [6, 6.07) is 2.87. The van der Waals surface area contributed by atoms with Crippen molar-refractivity contribution in [3.63, 3.8) is 0 Å². The van der Waals surface area contributed by atoms with Crippen LogP contribution in [0.2, 0.25) is 0 Å². The molecule has 0 saturated heterocycles. The highest BCUT2D eigenvalue weighted by Gasteiger charge is 2.29. The van der Waals surface area contributed by atoms with Gasteiger partial charge in [-0.05, 0) is 24.1 Å². The first-order chi connectivity index (χ1) is 8.88. The molecule has 0 radical (unpaired) electrons. The number of hydrogen-bond acceptors (Lipinski definition) is 5. The van der Waals surface area contributed by atoms with E-state index >= 15 is 0 Å². The van der Waals surface area contributed by atoms with Crippen LogP contribution in [-0.2, 0) is 21.2 Å². The molecule has 1 aromatic carbocycles. The van der Waals surface area contributed by atoms with E-state index in [2.05, 4.69) is 4.74 Å². The standard InChI is InChI=1S/C12H13NO5S/c1-18-12(15)8-5-9(7-14)10-3-4-13(11(10)6-8)19(2,16)17/h5-7H,3-4H2,1-2H3. The number of benzene rings is 1. The molecule has 0 amide bonds. The molecule has 0 bridgehead atoms. The van der Waals surface area contributed by atoms with Gasteiger partial charge >= 0.3 is 5.97 Å². The van der Waals surface area contributed by atoms with E-state index in [0.29, 0.717) is 29.5 Å². The summed E-state index contributed by atoms with van der Waals surface area (Å²) in [5.74, 6) is -0.605. The summed E-state index contributed by atoms with van der Waals surface area (Å²) in [6.07, 6.45) is 2.17. The topological polar surface area (TPSA) is 80.8 Å². The van der Waals surface area contributed by atoms with Crippen molar-refractivity contribution in [2.75, 3.05) is 24.2 Å². The van der Waals surface area contributed by atoms with E-state index in [1.807, 2.05) is 0 Å². The minimum absolute atomic E-state index is 0.166.